The molecule has 0 radical (unpaired) electrons. The van der Waals surface area contributed by atoms with Gasteiger partial charge < -0.3 is 10.3 Å². The Bertz CT molecular complexity index is 453. The highest BCUT2D eigenvalue weighted by molar-refractivity contribution is 5.49. The van der Waals surface area contributed by atoms with Crippen molar-refractivity contribution >= 4 is 11.6 Å². The quantitative estimate of drug-likeness (QED) is 0.659. The molecule has 114 valence electrons. The van der Waals surface area contributed by atoms with Crippen LogP contribution in [0.1, 0.15) is 33.5 Å². The van der Waals surface area contributed by atoms with Gasteiger partial charge in [-0.15, -0.1) is 0 Å². The summed E-state index contributed by atoms with van der Waals surface area (Å²) in [7, 11) is 0. The number of hydrogen-bond donors (Lipinski definition) is 2. The first-order chi connectivity index (χ1) is 9.06. The van der Waals surface area contributed by atoms with Gasteiger partial charge in [0, 0.05) is 18.0 Å². The van der Waals surface area contributed by atoms with Gasteiger partial charge in [-0.2, -0.15) is 13.2 Å². The van der Waals surface area contributed by atoms with Crippen LogP contribution in [-0.4, -0.2) is 29.2 Å². The van der Waals surface area contributed by atoms with Crippen LogP contribution in [0.25, 0.3) is 0 Å². The fraction of sp³-hybridized carbons (Fsp3) is 0.667. The summed E-state index contributed by atoms with van der Waals surface area (Å²) in [6, 6.07) is 1.41. The Hall–Kier alpha value is -1.57. The average molecular weight is 291 g/mol. The number of halogens is 3. The molecule has 0 saturated carbocycles. The number of anilines is 2. The summed E-state index contributed by atoms with van der Waals surface area (Å²) in [4.78, 5) is 9.55. The van der Waals surface area contributed by atoms with Gasteiger partial charge in [0.05, 0.1) is 0 Å². The number of hydrazine groups is 1. The molecule has 8 heteroatoms. The van der Waals surface area contributed by atoms with E-state index in [4.69, 9.17) is 5.84 Å². The molecule has 0 unspecified atom stereocenters. The van der Waals surface area contributed by atoms with Gasteiger partial charge in [0.15, 0.2) is 0 Å². The van der Waals surface area contributed by atoms with E-state index in [1.54, 1.807) is 6.92 Å². The molecule has 1 aromatic heterocycles. The minimum atomic E-state index is -4.29. The molecular weight excluding hydrogens is 271 g/mol. The largest absolute Gasteiger partial charge is 0.405 e. The highest BCUT2D eigenvalue weighted by Gasteiger charge is 2.31. The molecule has 0 aliphatic heterocycles. The van der Waals surface area contributed by atoms with Crippen LogP contribution in [0.3, 0.4) is 0 Å². The van der Waals surface area contributed by atoms with Crippen LogP contribution >= 0.6 is 0 Å². The average Bonchev–Trinajstić information content (AvgIpc) is 2.33. The maximum atomic E-state index is 12.6. The second kappa shape index (κ2) is 5.82. The lowest BCUT2D eigenvalue weighted by Crippen LogP contribution is -2.35. The summed E-state index contributed by atoms with van der Waals surface area (Å²) >= 11 is 0. The summed E-state index contributed by atoms with van der Waals surface area (Å²) in [5, 5.41) is 0. The SMILES string of the molecule is CCN(CC(F)(F)F)c1cc(NN)nc(C(C)(C)C)n1. The van der Waals surface area contributed by atoms with E-state index < -0.39 is 12.7 Å². The number of hydrogen-bond acceptors (Lipinski definition) is 5. The van der Waals surface area contributed by atoms with Crippen LogP contribution in [0.4, 0.5) is 24.8 Å². The zero-order chi connectivity index (χ0) is 15.6. The van der Waals surface area contributed by atoms with Crippen molar-refractivity contribution in [3.05, 3.63) is 11.9 Å². The third-order valence-corrected chi connectivity index (χ3v) is 2.61. The first kappa shape index (κ1) is 16.5. The summed E-state index contributed by atoms with van der Waals surface area (Å²) < 4.78 is 37.7. The van der Waals surface area contributed by atoms with Gasteiger partial charge in [0.25, 0.3) is 0 Å². The molecule has 5 nitrogen and oxygen atoms in total. The van der Waals surface area contributed by atoms with Crippen LogP contribution in [-0.2, 0) is 5.41 Å². The third-order valence-electron chi connectivity index (χ3n) is 2.61. The molecule has 1 aromatic rings. The monoisotopic (exact) mass is 291 g/mol. The zero-order valence-corrected chi connectivity index (χ0v) is 12.0. The predicted molar refractivity (Wildman–Crippen MR) is 72.5 cm³/mol. The molecule has 0 aliphatic carbocycles. The Morgan fingerprint density at radius 3 is 2.25 bits per heavy atom. The van der Waals surface area contributed by atoms with Crippen molar-refractivity contribution in [3.8, 4) is 0 Å². The number of nitrogens with one attached hydrogen (secondary N) is 1. The summed E-state index contributed by atoms with van der Waals surface area (Å²) in [5.41, 5.74) is 1.97. The van der Waals surface area contributed by atoms with Crippen molar-refractivity contribution in [2.45, 2.75) is 39.3 Å². The van der Waals surface area contributed by atoms with Crippen LogP contribution in [0.15, 0.2) is 6.07 Å². The molecule has 20 heavy (non-hydrogen) atoms. The van der Waals surface area contributed by atoms with Gasteiger partial charge in [-0.05, 0) is 6.92 Å². The van der Waals surface area contributed by atoms with Gasteiger partial charge in [-0.1, -0.05) is 20.8 Å². The van der Waals surface area contributed by atoms with Crippen molar-refractivity contribution in [2.75, 3.05) is 23.4 Å². The third kappa shape index (κ3) is 4.52. The highest BCUT2D eigenvalue weighted by atomic mass is 19.4. The Balaban J connectivity index is 3.21. The van der Waals surface area contributed by atoms with Crippen LogP contribution in [0.5, 0.6) is 0 Å². The van der Waals surface area contributed by atoms with Crippen molar-refractivity contribution in [1.29, 1.82) is 0 Å². The number of nitrogens with two attached hydrogens (primary N) is 1. The molecule has 0 aromatic carbocycles. The lowest BCUT2D eigenvalue weighted by molar-refractivity contribution is -0.119. The molecule has 1 heterocycles. The fourth-order valence-corrected chi connectivity index (χ4v) is 1.58. The highest BCUT2D eigenvalue weighted by Crippen LogP contribution is 2.26. The number of nitrogens with zero attached hydrogens (tertiary/aromatic N) is 3. The smallest absolute Gasteiger partial charge is 0.348 e. The van der Waals surface area contributed by atoms with E-state index in [0.29, 0.717) is 11.6 Å². The molecule has 0 aliphatic rings. The Kier molecular flexibility index (Phi) is 4.80. The van der Waals surface area contributed by atoms with E-state index in [0.717, 1.165) is 4.90 Å². The van der Waals surface area contributed by atoms with Crippen molar-refractivity contribution in [2.24, 2.45) is 5.84 Å². The number of alkyl halides is 3. The molecule has 3 N–H and O–H groups in total. The standard InChI is InChI=1S/C12H20F3N5/c1-5-20(7-12(13,14)15)9-6-8(19-16)17-10(18-9)11(2,3)4/h6H,5,7,16H2,1-4H3,(H,17,18,19). The van der Waals surface area contributed by atoms with E-state index in [1.807, 2.05) is 20.8 Å². The summed E-state index contributed by atoms with van der Waals surface area (Å²) in [5.74, 6) is 6.25. The van der Waals surface area contributed by atoms with Gasteiger partial charge >= 0.3 is 6.18 Å². The Morgan fingerprint density at radius 1 is 1.25 bits per heavy atom. The number of aromatic nitrogens is 2. The maximum absolute atomic E-state index is 12.6. The first-order valence-corrected chi connectivity index (χ1v) is 6.24. The fourth-order valence-electron chi connectivity index (χ4n) is 1.58. The molecule has 0 amide bonds. The minimum Gasteiger partial charge on any atom is -0.348 e. The Morgan fingerprint density at radius 2 is 1.85 bits per heavy atom. The maximum Gasteiger partial charge on any atom is 0.405 e. The van der Waals surface area contributed by atoms with Crippen LogP contribution in [0, 0.1) is 0 Å². The lowest BCUT2D eigenvalue weighted by Gasteiger charge is -2.26. The van der Waals surface area contributed by atoms with E-state index >= 15 is 0 Å². The van der Waals surface area contributed by atoms with Crippen LogP contribution < -0.4 is 16.2 Å². The molecule has 0 spiro atoms. The van der Waals surface area contributed by atoms with E-state index in [9.17, 15) is 13.2 Å². The van der Waals surface area contributed by atoms with E-state index in [1.165, 1.54) is 6.07 Å². The van der Waals surface area contributed by atoms with Crippen LogP contribution in [0.2, 0.25) is 0 Å². The van der Waals surface area contributed by atoms with Gasteiger partial charge in [-0.3, -0.25) is 0 Å². The lowest BCUT2D eigenvalue weighted by atomic mass is 9.96. The minimum absolute atomic E-state index is 0.185. The molecule has 0 atom stereocenters. The first-order valence-electron chi connectivity index (χ1n) is 6.24. The van der Waals surface area contributed by atoms with Crippen molar-refractivity contribution in [3.63, 3.8) is 0 Å². The topological polar surface area (TPSA) is 67.1 Å². The van der Waals surface area contributed by atoms with Crippen molar-refractivity contribution in [1.82, 2.24) is 9.97 Å². The molecule has 0 saturated heterocycles. The molecule has 0 fully saturated rings. The zero-order valence-electron chi connectivity index (χ0n) is 12.0. The molecular formula is C12H20F3N5. The van der Waals surface area contributed by atoms with E-state index in [-0.39, 0.29) is 17.8 Å². The molecule has 0 bridgehead atoms. The van der Waals surface area contributed by atoms with E-state index in [2.05, 4.69) is 15.4 Å². The number of rotatable bonds is 4. The summed E-state index contributed by atoms with van der Waals surface area (Å²) in [6.07, 6.45) is -4.29. The Labute approximate surface area is 116 Å². The molecule has 1 rings (SSSR count). The summed E-state index contributed by atoms with van der Waals surface area (Å²) in [6.45, 7) is 6.41. The second-order valence-corrected chi connectivity index (χ2v) is 5.46. The van der Waals surface area contributed by atoms with Gasteiger partial charge in [-0.25, -0.2) is 15.8 Å². The van der Waals surface area contributed by atoms with Gasteiger partial charge in [0.2, 0.25) is 0 Å². The predicted octanol–water partition coefficient (Wildman–Crippen LogP) is 2.45. The number of nitrogen functional groups attached to an aromatic ring is 1. The second-order valence-electron chi connectivity index (χ2n) is 5.46. The normalized spacial score (nSPS) is 12.4. The van der Waals surface area contributed by atoms with Gasteiger partial charge in [0.1, 0.15) is 24.0 Å². The van der Waals surface area contributed by atoms with Crippen molar-refractivity contribution < 1.29 is 13.2 Å².